The molecule has 1 saturated heterocycles. The Labute approximate surface area is 151 Å². The third kappa shape index (κ3) is 3.71. The lowest BCUT2D eigenvalue weighted by atomic mass is 10.1. The Morgan fingerprint density at radius 3 is 2.36 bits per heavy atom. The molecule has 0 saturated carbocycles. The number of ether oxygens (including phenoxy) is 1. The van der Waals surface area contributed by atoms with Crippen LogP contribution in [0.1, 0.15) is 15.9 Å². The highest BCUT2D eigenvalue weighted by Crippen LogP contribution is 2.34. The van der Waals surface area contributed by atoms with Crippen LogP contribution in [0.2, 0.25) is 5.02 Å². The van der Waals surface area contributed by atoms with Gasteiger partial charge in [0.1, 0.15) is 11.6 Å². The summed E-state index contributed by atoms with van der Waals surface area (Å²) in [6, 6.07) is 9.50. The predicted molar refractivity (Wildman–Crippen MR) is 97.3 cm³/mol. The quantitative estimate of drug-likeness (QED) is 0.833. The highest BCUT2D eigenvalue weighted by molar-refractivity contribution is 6.31. The van der Waals surface area contributed by atoms with E-state index in [0.717, 1.165) is 17.0 Å². The molecule has 6 heteroatoms. The second kappa shape index (κ2) is 7.31. The standard InChI is InChI=1S/C19H20ClFN2O2/c1-13-11-17(18(25-2)12-16(13)20)22-7-9-23(10-8-22)19(24)14-3-5-15(21)6-4-14/h3-6,11-12H,7-10H2,1-2H3. The smallest absolute Gasteiger partial charge is 0.253 e. The lowest BCUT2D eigenvalue weighted by Crippen LogP contribution is -2.48. The average molecular weight is 363 g/mol. The highest BCUT2D eigenvalue weighted by Gasteiger charge is 2.24. The van der Waals surface area contributed by atoms with E-state index in [1.54, 1.807) is 12.0 Å². The van der Waals surface area contributed by atoms with Gasteiger partial charge in [0, 0.05) is 42.8 Å². The first-order valence-corrected chi connectivity index (χ1v) is 8.51. The Bertz CT molecular complexity index is 772. The normalized spacial score (nSPS) is 14.6. The minimum atomic E-state index is -0.341. The van der Waals surface area contributed by atoms with Gasteiger partial charge in [-0.25, -0.2) is 4.39 Å². The molecule has 2 aromatic rings. The molecule has 132 valence electrons. The summed E-state index contributed by atoms with van der Waals surface area (Å²) < 4.78 is 18.5. The molecule has 0 aliphatic carbocycles. The molecule has 0 unspecified atom stereocenters. The van der Waals surface area contributed by atoms with Crippen LogP contribution in [0.5, 0.6) is 5.75 Å². The van der Waals surface area contributed by atoms with Crippen molar-refractivity contribution in [3.63, 3.8) is 0 Å². The SMILES string of the molecule is COc1cc(Cl)c(C)cc1N1CCN(C(=O)c2ccc(F)cc2)CC1. The second-order valence-corrected chi connectivity index (χ2v) is 6.47. The van der Waals surface area contributed by atoms with Crippen molar-refractivity contribution in [1.82, 2.24) is 4.90 Å². The zero-order valence-corrected chi connectivity index (χ0v) is 15.0. The van der Waals surface area contributed by atoms with Gasteiger partial charge < -0.3 is 14.5 Å². The fraction of sp³-hybridized carbons (Fsp3) is 0.316. The fourth-order valence-electron chi connectivity index (χ4n) is 2.98. The monoisotopic (exact) mass is 362 g/mol. The van der Waals surface area contributed by atoms with Crippen LogP contribution in [0, 0.1) is 12.7 Å². The van der Waals surface area contributed by atoms with Crippen molar-refractivity contribution in [2.75, 3.05) is 38.2 Å². The Balaban J connectivity index is 1.71. The predicted octanol–water partition coefficient (Wildman–Crippen LogP) is 3.76. The maximum Gasteiger partial charge on any atom is 0.253 e. The zero-order valence-electron chi connectivity index (χ0n) is 14.3. The minimum absolute atomic E-state index is 0.0705. The van der Waals surface area contributed by atoms with Crippen LogP contribution in [0.3, 0.4) is 0 Å². The van der Waals surface area contributed by atoms with E-state index in [2.05, 4.69) is 4.90 Å². The van der Waals surface area contributed by atoms with Gasteiger partial charge in [-0.2, -0.15) is 0 Å². The van der Waals surface area contributed by atoms with E-state index in [1.165, 1.54) is 24.3 Å². The number of anilines is 1. The number of carbonyl (C=O) groups excluding carboxylic acids is 1. The van der Waals surface area contributed by atoms with E-state index in [1.807, 2.05) is 19.1 Å². The molecule has 2 aromatic carbocycles. The summed E-state index contributed by atoms with van der Waals surface area (Å²) in [6.45, 7) is 4.55. The average Bonchev–Trinajstić information content (AvgIpc) is 2.64. The minimum Gasteiger partial charge on any atom is -0.495 e. The van der Waals surface area contributed by atoms with E-state index in [-0.39, 0.29) is 11.7 Å². The number of methoxy groups -OCH3 is 1. The van der Waals surface area contributed by atoms with Gasteiger partial charge >= 0.3 is 0 Å². The highest BCUT2D eigenvalue weighted by atomic mass is 35.5. The van der Waals surface area contributed by atoms with Crippen LogP contribution in [-0.2, 0) is 0 Å². The lowest BCUT2D eigenvalue weighted by molar-refractivity contribution is 0.0746. The van der Waals surface area contributed by atoms with Gasteiger partial charge in [-0.05, 0) is 42.8 Å². The Kier molecular flexibility index (Phi) is 5.13. The summed E-state index contributed by atoms with van der Waals surface area (Å²) in [7, 11) is 1.62. The van der Waals surface area contributed by atoms with Crippen molar-refractivity contribution in [2.45, 2.75) is 6.92 Å². The maximum absolute atomic E-state index is 13.0. The van der Waals surface area contributed by atoms with Crippen LogP contribution < -0.4 is 9.64 Å². The number of carbonyl (C=O) groups is 1. The Morgan fingerprint density at radius 1 is 1.12 bits per heavy atom. The summed E-state index contributed by atoms with van der Waals surface area (Å²) in [5.41, 5.74) is 2.48. The van der Waals surface area contributed by atoms with Gasteiger partial charge in [0.2, 0.25) is 0 Å². The van der Waals surface area contributed by atoms with Crippen molar-refractivity contribution >= 4 is 23.2 Å². The first-order chi connectivity index (χ1) is 12.0. The molecule has 25 heavy (non-hydrogen) atoms. The van der Waals surface area contributed by atoms with Gasteiger partial charge in [0.05, 0.1) is 12.8 Å². The molecule has 3 rings (SSSR count). The molecular formula is C19H20ClFN2O2. The van der Waals surface area contributed by atoms with Crippen LogP contribution in [0.15, 0.2) is 36.4 Å². The van der Waals surface area contributed by atoms with Crippen LogP contribution in [0.4, 0.5) is 10.1 Å². The van der Waals surface area contributed by atoms with Gasteiger partial charge in [0.25, 0.3) is 5.91 Å². The molecule has 0 atom stereocenters. The summed E-state index contributed by atoms with van der Waals surface area (Å²) in [6.07, 6.45) is 0. The van der Waals surface area contributed by atoms with E-state index in [0.29, 0.717) is 36.8 Å². The van der Waals surface area contributed by atoms with Gasteiger partial charge in [0.15, 0.2) is 0 Å². The van der Waals surface area contributed by atoms with Crippen molar-refractivity contribution in [1.29, 1.82) is 0 Å². The molecule has 1 aliphatic rings. The molecule has 1 amide bonds. The molecule has 1 heterocycles. The number of rotatable bonds is 3. The van der Waals surface area contributed by atoms with Crippen LogP contribution >= 0.6 is 11.6 Å². The van der Waals surface area contributed by atoms with Crippen molar-refractivity contribution in [3.8, 4) is 5.75 Å². The first kappa shape index (κ1) is 17.5. The zero-order chi connectivity index (χ0) is 18.0. The number of piperazine rings is 1. The number of halogens is 2. The number of aryl methyl sites for hydroxylation is 1. The van der Waals surface area contributed by atoms with E-state index in [9.17, 15) is 9.18 Å². The maximum atomic E-state index is 13.0. The summed E-state index contributed by atoms with van der Waals surface area (Å²) in [5, 5.41) is 0.672. The van der Waals surface area contributed by atoms with Crippen LogP contribution in [-0.4, -0.2) is 44.1 Å². The van der Waals surface area contributed by atoms with Crippen molar-refractivity contribution in [3.05, 3.63) is 58.4 Å². The number of nitrogens with zero attached hydrogens (tertiary/aromatic N) is 2. The Morgan fingerprint density at radius 2 is 1.76 bits per heavy atom. The molecule has 1 fully saturated rings. The van der Waals surface area contributed by atoms with Gasteiger partial charge in [-0.3, -0.25) is 4.79 Å². The third-order valence-electron chi connectivity index (χ3n) is 4.46. The molecule has 0 bridgehead atoms. The van der Waals surface area contributed by atoms with E-state index < -0.39 is 0 Å². The van der Waals surface area contributed by atoms with Gasteiger partial charge in [-0.15, -0.1) is 0 Å². The van der Waals surface area contributed by atoms with E-state index >= 15 is 0 Å². The van der Waals surface area contributed by atoms with Crippen LogP contribution in [0.25, 0.3) is 0 Å². The number of amides is 1. The summed E-state index contributed by atoms with van der Waals surface area (Å²) >= 11 is 6.17. The molecule has 1 aliphatic heterocycles. The third-order valence-corrected chi connectivity index (χ3v) is 4.87. The fourth-order valence-corrected chi connectivity index (χ4v) is 3.14. The molecule has 0 aromatic heterocycles. The van der Waals surface area contributed by atoms with Gasteiger partial charge in [-0.1, -0.05) is 11.6 Å². The lowest BCUT2D eigenvalue weighted by Gasteiger charge is -2.37. The van der Waals surface area contributed by atoms with Crippen molar-refractivity contribution < 1.29 is 13.9 Å². The van der Waals surface area contributed by atoms with E-state index in [4.69, 9.17) is 16.3 Å². The Hall–Kier alpha value is -2.27. The summed E-state index contributed by atoms with van der Waals surface area (Å²) in [5.74, 6) is 0.319. The molecule has 4 nitrogen and oxygen atoms in total. The largest absolute Gasteiger partial charge is 0.495 e. The topological polar surface area (TPSA) is 32.8 Å². The number of hydrogen-bond acceptors (Lipinski definition) is 3. The molecule has 0 spiro atoms. The first-order valence-electron chi connectivity index (χ1n) is 8.13. The molecular weight excluding hydrogens is 343 g/mol. The molecule has 0 N–H and O–H groups in total. The summed E-state index contributed by atoms with van der Waals surface area (Å²) in [4.78, 5) is 16.5. The number of hydrogen-bond donors (Lipinski definition) is 0. The second-order valence-electron chi connectivity index (χ2n) is 6.06. The van der Waals surface area contributed by atoms with Crippen molar-refractivity contribution in [2.24, 2.45) is 0 Å². The number of benzene rings is 2. The molecule has 0 radical (unpaired) electrons.